The van der Waals surface area contributed by atoms with Gasteiger partial charge in [0.2, 0.25) is 0 Å². The van der Waals surface area contributed by atoms with Crippen LogP contribution in [-0.2, 0) is 19.4 Å². The zero-order chi connectivity index (χ0) is 18.8. The first-order valence-electron chi connectivity index (χ1n) is 9.24. The van der Waals surface area contributed by atoms with Crippen LogP contribution in [0.3, 0.4) is 0 Å². The van der Waals surface area contributed by atoms with Gasteiger partial charge in [0.05, 0.1) is 14.2 Å². The summed E-state index contributed by atoms with van der Waals surface area (Å²) in [6.45, 7) is 0.718. The first-order valence-corrected chi connectivity index (χ1v) is 9.65. The summed E-state index contributed by atoms with van der Waals surface area (Å²) in [5.41, 5.74) is 4.06. The highest BCUT2D eigenvalue weighted by Gasteiger charge is 2.20. The number of fused-ring (bicyclic) bond motifs is 1. The maximum absolute atomic E-state index is 5.78. The summed E-state index contributed by atoms with van der Waals surface area (Å²) in [4.78, 5) is 0. The predicted octanol–water partition coefficient (Wildman–Crippen LogP) is 4.81. The van der Waals surface area contributed by atoms with Crippen molar-refractivity contribution in [1.82, 2.24) is 9.13 Å². The molecule has 27 heavy (non-hydrogen) atoms. The molecule has 5 heteroatoms. The fraction of sp³-hybridized carbons (Fsp3) is 0.318. The summed E-state index contributed by atoms with van der Waals surface area (Å²) in [5, 5.41) is 0. The lowest BCUT2D eigenvalue weighted by molar-refractivity contribution is 0.354. The summed E-state index contributed by atoms with van der Waals surface area (Å²) >= 11 is 5.78. The second-order valence-electron chi connectivity index (χ2n) is 6.97. The summed E-state index contributed by atoms with van der Waals surface area (Å²) < 4.78 is 16.0. The number of hydrogen-bond acceptors (Lipinski definition) is 3. The Morgan fingerprint density at radius 3 is 2.56 bits per heavy atom. The van der Waals surface area contributed by atoms with Crippen LogP contribution in [0.25, 0.3) is 0 Å². The summed E-state index contributed by atoms with van der Waals surface area (Å²) in [6, 6.07) is 15.2. The van der Waals surface area contributed by atoms with Gasteiger partial charge >= 0.3 is 0 Å². The number of imidazole rings is 1. The second kappa shape index (κ2) is 7.61. The highest BCUT2D eigenvalue weighted by Crippen LogP contribution is 2.30. The molecule has 4 nitrogen and oxygen atoms in total. The van der Waals surface area contributed by atoms with Crippen LogP contribution >= 0.6 is 12.2 Å². The molecule has 0 saturated carbocycles. The largest absolute Gasteiger partial charge is 0.493 e. The van der Waals surface area contributed by atoms with Crippen molar-refractivity contribution >= 4 is 12.2 Å². The predicted molar refractivity (Wildman–Crippen MR) is 109 cm³/mol. The average Bonchev–Trinajstić information content (AvgIpc) is 3.07. The Bertz CT molecular complexity index is 1010. The molecule has 0 fully saturated rings. The normalized spacial score (nSPS) is 16.0. The van der Waals surface area contributed by atoms with Crippen molar-refractivity contribution in [3.05, 3.63) is 76.3 Å². The summed E-state index contributed by atoms with van der Waals surface area (Å²) in [7, 11) is 3.31. The quantitative estimate of drug-likeness (QED) is 0.595. The Labute approximate surface area is 165 Å². The standard InChI is InChI=1S/C22H24N2O2S/c1-25-20-10-7-16(13-21(20)26-2)15-23-11-12-24(22(23)27)19-9-8-17-5-3-4-6-18(17)14-19/h3-7,10-13,19H,8-9,14-15H2,1-2H3. The minimum Gasteiger partial charge on any atom is -0.493 e. The van der Waals surface area contributed by atoms with Crippen LogP contribution in [0.15, 0.2) is 54.9 Å². The van der Waals surface area contributed by atoms with Crippen molar-refractivity contribution in [3.63, 3.8) is 0 Å². The van der Waals surface area contributed by atoms with Gasteiger partial charge in [-0.1, -0.05) is 30.3 Å². The van der Waals surface area contributed by atoms with E-state index < -0.39 is 0 Å². The van der Waals surface area contributed by atoms with E-state index in [-0.39, 0.29) is 0 Å². The Kier molecular flexibility index (Phi) is 5.03. The number of ether oxygens (including phenoxy) is 2. The summed E-state index contributed by atoms with van der Waals surface area (Å²) in [6.07, 6.45) is 7.50. The van der Waals surface area contributed by atoms with E-state index in [1.54, 1.807) is 14.2 Å². The zero-order valence-corrected chi connectivity index (χ0v) is 16.5. The molecule has 140 valence electrons. The third-order valence-corrected chi connectivity index (χ3v) is 5.83. The molecule has 1 unspecified atom stereocenters. The first kappa shape index (κ1) is 17.9. The van der Waals surface area contributed by atoms with Gasteiger partial charge in [-0.3, -0.25) is 0 Å². The van der Waals surface area contributed by atoms with Crippen molar-refractivity contribution < 1.29 is 9.47 Å². The molecule has 0 bridgehead atoms. The van der Waals surface area contributed by atoms with Gasteiger partial charge in [-0.25, -0.2) is 0 Å². The van der Waals surface area contributed by atoms with Crippen molar-refractivity contribution in [2.45, 2.75) is 31.8 Å². The van der Waals surface area contributed by atoms with Gasteiger partial charge < -0.3 is 18.6 Å². The van der Waals surface area contributed by atoms with E-state index in [4.69, 9.17) is 21.7 Å². The first-order chi connectivity index (χ1) is 13.2. The smallest absolute Gasteiger partial charge is 0.180 e. The van der Waals surface area contributed by atoms with Crippen LogP contribution in [0.4, 0.5) is 0 Å². The van der Waals surface area contributed by atoms with Gasteiger partial charge in [0.15, 0.2) is 16.3 Å². The molecule has 1 atom stereocenters. The number of methoxy groups -OCH3 is 2. The van der Waals surface area contributed by atoms with Gasteiger partial charge in [-0.15, -0.1) is 0 Å². The minimum absolute atomic E-state index is 0.430. The third kappa shape index (κ3) is 3.52. The molecular weight excluding hydrogens is 356 g/mol. The van der Waals surface area contributed by atoms with Crippen molar-refractivity contribution in [2.75, 3.05) is 14.2 Å². The van der Waals surface area contributed by atoms with E-state index in [1.165, 1.54) is 11.1 Å². The van der Waals surface area contributed by atoms with Crippen LogP contribution in [0.5, 0.6) is 11.5 Å². The van der Waals surface area contributed by atoms with E-state index in [0.717, 1.165) is 47.6 Å². The number of rotatable bonds is 5. The number of aryl methyl sites for hydroxylation is 1. The number of hydrogen-bond donors (Lipinski definition) is 0. The Hall–Kier alpha value is -2.53. The van der Waals surface area contributed by atoms with Crippen LogP contribution in [0, 0.1) is 4.77 Å². The van der Waals surface area contributed by atoms with Gasteiger partial charge in [0, 0.05) is 25.0 Å². The molecule has 3 aromatic rings. The Morgan fingerprint density at radius 1 is 1.00 bits per heavy atom. The maximum atomic E-state index is 5.78. The fourth-order valence-corrected chi connectivity index (χ4v) is 4.25. The lowest BCUT2D eigenvalue weighted by Gasteiger charge is -2.25. The van der Waals surface area contributed by atoms with E-state index in [1.807, 2.05) is 12.1 Å². The van der Waals surface area contributed by atoms with Gasteiger partial charge in [-0.2, -0.15) is 0 Å². The molecular formula is C22H24N2O2S. The highest BCUT2D eigenvalue weighted by atomic mass is 32.1. The van der Waals surface area contributed by atoms with E-state index in [0.29, 0.717) is 6.04 Å². The molecule has 0 saturated heterocycles. The molecule has 1 aromatic heterocycles. The molecule has 2 aromatic carbocycles. The molecule has 0 aliphatic heterocycles. The molecule has 0 amide bonds. The molecule has 0 radical (unpaired) electrons. The lowest BCUT2D eigenvalue weighted by atomic mass is 9.88. The Balaban J connectivity index is 1.56. The van der Waals surface area contributed by atoms with Crippen molar-refractivity contribution in [3.8, 4) is 11.5 Å². The van der Waals surface area contributed by atoms with Crippen LogP contribution in [-0.4, -0.2) is 23.4 Å². The van der Waals surface area contributed by atoms with Crippen molar-refractivity contribution in [2.24, 2.45) is 0 Å². The fourth-order valence-electron chi connectivity index (χ4n) is 3.92. The Morgan fingerprint density at radius 2 is 1.78 bits per heavy atom. The topological polar surface area (TPSA) is 28.3 Å². The van der Waals surface area contributed by atoms with Crippen molar-refractivity contribution in [1.29, 1.82) is 0 Å². The molecule has 0 N–H and O–H groups in total. The molecule has 1 aliphatic carbocycles. The number of aromatic nitrogens is 2. The van der Waals surface area contributed by atoms with Gasteiger partial charge in [-0.05, 0) is 60.3 Å². The van der Waals surface area contributed by atoms with Gasteiger partial charge in [0.25, 0.3) is 0 Å². The lowest BCUT2D eigenvalue weighted by Crippen LogP contribution is -2.18. The van der Waals surface area contributed by atoms with Gasteiger partial charge in [0.1, 0.15) is 0 Å². The van der Waals surface area contributed by atoms with E-state index in [2.05, 4.69) is 51.9 Å². The second-order valence-corrected chi connectivity index (χ2v) is 7.34. The molecule has 0 spiro atoms. The summed E-state index contributed by atoms with van der Waals surface area (Å²) in [5.74, 6) is 1.48. The van der Waals surface area contributed by atoms with E-state index >= 15 is 0 Å². The molecule has 4 rings (SSSR count). The number of benzene rings is 2. The third-order valence-electron chi connectivity index (χ3n) is 5.39. The number of nitrogens with zero attached hydrogens (tertiary/aromatic N) is 2. The minimum atomic E-state index is 0.430. The van der Waals surface area contributed by atoms with E-state index in [9.17, 15) is 0 Å². The van der Waals surface area contributed by atoms with Crippen LogP contribution < -0.4 is 9.47 Å². The zero-order valence-electron chi connectivity index (χ0n) is 15.7. The molecule has 1 heterocycles. The highest BCUT2D eigenvalue weighted by molar-refractivity contribution is 7.71. The van der Waals surface area contributed by atoms with Crippen LogP contribution in [0.1, 0.15) is 29.2 Å². The SMILES string of the molecule is COc1ccc(Cn2ccn(C3CCc4ccccc4C3)c2=S)cc1OC. The maximum Gasteiger partial charge on any atom is 0.180 e. The average molecular weight is 381 g/mol. The van der Waals surface area contributed by atoms with Crippen LogP contribution in [0.2, 0.25) is 0 Å². The monoisotopic (exact) mass is 380 g/mol. The molecule has 1 aliphatic rings.